The summed E-state index contributed by atoms with van der Waals surface area (Å²) < 4.78 is 6.62. The molecule has 126 valence electrons. The Morgan fingerprint density at radius 3 is 2.58 bits per heavy atom. The smallest absolute Gasteiger partial charge is 0.328 e. The predicted molar refractivity (Wildman–Crippen MR) is 88.3 cm³/mol. The molecule has 3 rings (SSSR count). The molecule has 0 amide bonds. The van der Waals surface area contributed by atoms with E-state index < -0.39 is 17.6 Å². The summed E-state index contributed by atoms with van der Waals surface area (Å²) in [5, 5.41) is 13.5. The minimum absolute atomic E-state index is 0.299. The molecule has 1 heterocycles. The van der Waals surface area contributed by atoms with Crippen LogP contribution >= 0.6 is 0 Å². The number of carboxylic acid groups (broad SMARTS) is 1. The molecule has 0 aliphatic heterocycles. The van der Waals surface area contributed by atoms with Gasteiger partial charge in [-0.25, -0.2) is 9.48 Å². The highest BCUT2D eigenvalue weighted by molar-refractivity contribution is 5.71. The van der Waals surface area contributed by atoms with Crippen LogP contribution in [-0.2, 0) is 4.79 Å². The highest BCUT2D eigenvalue weighted by Crippen LogP contribution is 2.31. The standard InChI is InChI=1S/C18H20N2O4/c21-17-11-15(24-14-8-2-1-3-9-14)12-19-20(17)16(18(22)23)10-13-6-4-5-7-13/h1-3,8-9,11-13,16H,4-7,10H2,(H,22,23). The van der Waals surface area contributed by atoms with Crippen LogP contribution in [-0.4, -0.2) is 20.9 Å². The maximum absolute atomic E-state index is 12.3. The van der Waals surface area contributed by atoms with Crippen LogP contribution in [0.3, 0.4) is 0 Å². The van der Waals surface area contributed by atoms with Crippen molar-refractivity contribution in [1.29, 1.82) is 0 Å². The van der Waals surface area contributed by atoms with Crippen LogP contribution in [0.1, 0.15) is 38.1 Å². The zero-order valence-electron chi connectivity index (χ0n) is 13.3. The van der Waals surface area contributed by atoms with Crippen LogP contribution in [0.2, 0.25) is 0 Å². The Labute approximate surface area is 139 Å². The number of benzene rings is 1. The molecule has 0 spiro atoms. The van der Waals surface area contributed by atoms with Crippen LogP contribution in [0.5, 0.6) is 11.5 Å². The van der Waals surface area contributed by atoms with Gasteiger partial charge < -0.3 is 9.84 Å². The van der Waals surface area contributed by atoms with Crippen LogP contribution in [0.25, 0.3) is 0 Å². The second-order valence-electron chi connectivity index (χ2n) is 6.13. The number of hydrogen-bond donors (Lipinski definition) is 1. The molecule has 1 unspecified atom stereocenters. The first kappa shape index (κ1) is 16.2. The molecule has 6 nitrogen and oxygen atoms in total. The first-order chi connectivity index (χ1) is 11.6. The highest BCUT2D eigenvalue weighted by atomic mass is 16.5. The van der Waals surface area contributed by atoms with Gasteiger partial charge in [0.15, 0.2) is 11.8 Å². The Kier molecular flexibility index (Phi) is 4.93. The van der Waals surface area contributed by atoms with E-state index >= 15 is 0 Å². The molecule has 1 fully saturated rings. The number of rotatable bonds is 6. The van der Waals surface area contributed by atoms with Gasteiger partial charge in [0.05, 0.1) is 6.20 Å². The molecular formula is C18H20N2O4. The summed E-state index contributed by atoms with van der Waals surface area (Å²) in [4.78, 5) is 23.9. The summed E-state index contributed by atoms with van der Waals surface area (Å²) in [6.45, 7) is 0. The average Bonchev–Trinajstić information content (AvgIpc) is 3.07. The van der Waals surface area contributed by atoms with Gasteiger partial charge in [-0.15, -0.1) is 0 Å². The van der Waals surface area contributed by atoms with Crippen LogP contribution in [0.15, 0.2) is 47.4 Å². The van der Waals surface area contributed by atoms with Gasteiger partial charge in [0.1, 0.15) is 5.75 Å². The van der Waals surface area contributed by atoms with Crippen molar-refractivity contribution >= 4 is 5.97 Å². The van der Waals surface area contributed by atoms with E-state index in [0.717, 1.165) is 30.4 Å². The van der Waals surface area contributed by atoms with Crippen molar-refractivity contribution < 1.29 is 14.6 Å². The summed E-state index contributed by atoms with van der Waals surface area (Å²) in [5.74, 6) is 0.220. The van der Waals surface area contributed by atoms with Gasteiger partial charge in [-0.2, -0.15) is 5.10 Å². The molecule has 1 N–H and O–H groups in total. The lowest BCUT2D eigenvalue weighted by atomic mass is 9.98. The molecule has 1 aliphatic carbocycles. The Morgan fingerprint density at radius 1 is 1.25 bits per heavy atom. The van der Waals surface area contributed by atoms with Gasteiger partial charge >= 0.3 is 5.97 Å². The second-order valence-corrected chi connectivity index (χ2v) is 6.13. The molecule has 1 saturated carbocycles. The molecule has 1 aromatic carbocycles. The minimum atomic E-state index is -1.02. The molecule has 6 heteroatoms. The minimum Gasteiger partial charge on any atom is -0.480 e. The number of para-hydroxylation sites is 1. The molecule has 1 atom stereocenters. The van der Waals surface area contributed by atoms with Gasteiger partial charge in [0.2, 0.25) is 0 Å². The molecule has 1 aromatic heterocycles. The third kappa shape index (κ3) is 3.82. The number of hydrogen-bond acceptors (Lipinski definition) is 4. The average molecular weight is 328 g/mol. The fourth-order valence-electron chi connectivity index (χ4n) is 3.18. The van der Waals surface area contributed by atoms with Crippen LogP contribution in [0.4, 0.5) is 0 Å². The molecule has 0 bridgehead atoms. The number of ether oxygens (including phenoxy) is 1. The van der Waals surface area contributed by atoms with Crippen molar-refractivity contribution in [3.8, 4) is 11.5 Å². The number of aliphatic carboxylic acids is 1. The van der Waals surface area contributed by atoms with Crippen molar-refractivity contribution in [2.24, 2.45) is 5.92 Å². The highest BCUT2D eigenvalue weighted by Gasteiger charge is 2.27. The third-order valence-electron chi connectivity index (χ3n) is 4.39. The maximum Gasteiger partial charge on any atom is 0.328 e. The van der Waals surface area contributed by atoms with E-state index in [2.05, 4.69) is 5.10 Å². The van der Waals surface area contributed by atoms with E-state index in [1.54, 1.807) is 12.1 Å². The van der Waals surface area contributed by atoms with Crippen molar-refractivity contribution in [3.05, 3.63) is 52.9 Å². The third-order valence-corrected chi connectivity index (χ3v) is 4.39. The normalized spacial score (nSPS) is 16.0. The Morgan fingerprint density at radius 2 is 1.96 bits per heavy atom. The summed E-state index contributed by atoms with van der Waals surface area (Å²) >= 11 is 0. The molecule has 24 heavy (non-hydrogen) atoms. The monoisotopic (exact) mass is 328 g/mol. The Hall–Kier alpha value is -2.63. The van der Waals surface area contributed by atoms with E-state index in [9.17, 15) is 14.7 Å². The van der Waals surface area contributed by atoms with Crippen LogP contribution < -0.4 is 10.3 Å². The van der Waals surface area contributed by atoms with Crippen LogP contribution in [0, 0.1) is 5.92 Å². The number of carbonyl (C=O) groups is 1. The number of aromatic nitrogens is 2. The topological polar surface area (TPSA) is 81.4 Å². The van der Waals surface area contributed by atoms with E-state index in [4.69, 9.17) is 4.74 Å². The van der Waals surface area contributed by atoms with E-state index in [0.29, 0.717) is 23.8 Å². The molecule has 1 aliphatic rings. The fraction of sp³-hybridized carbons (Fsp3) is 0.389. The molecule has 0 radical (unpaired) electrons. The van der Waals surface area contributed by atoms with E-state index in [1.807, 2.05) is 18.2 Å². The SMILES string of the molecule is O=C(O)C(CC1CCCC1)n1ncc(Oc2ccccc2)cc1=O. The summed E-state index contributed by atoms with van der Waals surface area (Å²) in [6, 6.07) is 9.41. The molecule has 2 aromatic rings. The van der Waals surface area contributed by atoms with Gasteiger partial charge in [-0.1, -0.05) is 43.9 Å². The van der Waals surface area contributed by atoms with E-state index in [-0.39, 0.29) is 0 Å². The zero-order valence-corrected chi connectivity index (χ0v) is 13.3. The summed E-state index contributed by atoms with van der Waals surface area (Å²) in [7, 11) is 0. The van der Waals surface area contributed by atoms with Crippen molar-refractivity contribution in [2.45, 2.75) is 38.1 Å². The lowest BCUT2D eigenvalue weighted by Gasteiger charge is -2.18. The summed E-state index contributed by atoms with van der Waals surface area (Å²) in [5.41, 5.74) is -0.464. The first-order valence-corrected chi connectivity index (χ1v) is 8.18. The van der Waals surface area contributed by atoms with Crippen molar-refractivity contribution in [3.63, 3.8) is 0 Å². The van der Waals surface area contributed by atoms with Gasteiger partial charge in [0.25, 0.3) is 5.56 Å². The molecular weight excluding hydrogens is 308 g/mol. The summed E-state index contributed by atoms with van der Waals surface area (Å²) in [6.07, 6.45) is 6.13. The lowest BCUT2D eigenvalue weighted by molar-refractivity contribution is -0.142. The molecule has 0 saturated heterocycles. The zero-order chi connectivity index (χ0) is 16.9. The van der Waals surface area contributed by atoms with Gasteiger partial charge in [0, 0.05) is 6.07 Å². The lowest BCUT2D eigenvalue weighted by Crippen LogP contribution is -2.32. The predicted octanol–water partition coefficient (Wildman–Crippen LogP) is 3.24. The number of carboxylic acids is 1. The van der Waals surface area contributed by atoms with Crippen molar-refractivity contribution in [2.75, 3.05) is 0 Å². The van der Waals surface area contributed by atoms with E-state index in [1.165, 1.54) is 12.3 Å². The first-order valence-electron chi connectivity index (χ1n) is 8.18. The number of nitrogens with zero attached hydrogens (tertiary/aromatic N) is 2. The Balaban J connectivity index is 1.79. The fourth-order valence-corrected chi connectivity index (χ4v) is 3.18. The maximum atomic E-state index is 12.3. The Bertz CT molecular complexity index is 751. The van der Waals surface area contributed by atoms with Crippen molar-refractivity contribution in [1.82, 2.24) is 9.78 Å². The quantitative estimate of drug-likeness (QED) is 0.880. The second kappa shape index (κ2) is 7.29. The van der Waals surface area contributed by atoms with Gasteiger partial charge in [-0.3, -0.25) is 4.79 Å². The largest absolute Gasteiger partial charge is 0.480 e. The van der Waals surface area contributed by atoms with Gasteiger partial charge in [-0.05, 0) is 24.5 Å².